The molecule has 0 aromatic heterocycles. The van der Waals surface area contributed by atoms with Gasteiger partial charge in [0, 0.05) is 11.8 Å². The van der Waals surface area contributed by atoms with Crippen LogP contribution in [0.25, 0.3) is 0 Å². The molecule has 4 nitrogen and oxygen atoms in total. The highest BCUT2D eigenvalue weighted by molar-refractivity contribution is 8.13. The van der Waals surface area contributed by atoms with E-state index in [1.54, 1.807) is 11.8 Å². The van der Waals surface area contributed by atoms with Crippen molar-refractivity contribution in [3.05, 3.63) is 0 Å². The van der Waals surface area contributed by atoms with Crippen molar-refractivity contribution in [2.75, 3.05) is 18.9 Å². The van der Waals surface area contributed by atoms with Crippen LogP contribution in [-0.2, 0) is 9.53 Å². The molecule has 0 bridgehead atoms. The summed E-state index contributed by atoms with van der Waals surface area (Å²) < 4.78 is 4.88. The monoisotopic (exact) mass is 270 g/mol. The number of ether oxygens (including phenoxy) is 1. The molecule has 2 rings (SSSR count). The summed E-state index contributed by atoms with van der Waals surface area (Å²) in [6, 6.07) is 0.612. The van der Waals surface area contributed by atoms with Crippen LogP contribution in [0.3, 0.4) is 0 Å². The van der Waals surface area contributed by atoms with Gasteiger partial charge in [0.25, 0.3) is 0 Å². The van der Waals surface area contributed by atoms with Gasteiger partial charge >= 0.3 is 5.97 Å². The van der Waals surface area contributed by atoms with Crippen LogP contribution < -0.4 is 5.32 Å². The molecule has 0 aromatic rings. The SMILES string of the molecule is CCOC(=O)CCN=C1NC2CCCCC2CS1. The molecular formula is C13H22N2O2S. The van der Waals surface area contributed by atoms with Crippen molar-refractivity contribution in [1.29, 1.82) is 0 Å². The Morgan fingerprint density at radius 3 is 3.17 bits per heavy atom. The number of fused-ring (bicyclic) bond motifs is 1. The lowest BCUT2D eigenvalue weighted by atomic mass is 9.86. The van der Waals surface area contributed by atoms with Crippen LogP contribution in [0.5, 0.6) is 0 Å². The van der Waals surface area contributed by atoms with Gasteiger partial charge in [-0.25, -0.2) is 0 Å². The fourth-order valence-corrected chi connectivity index (χ4v) is 3.74. The van der Waals surface area contributed by atoms with Crippen LogP contribution in [0.2, 0.25) is 0 Å². The zero-order chi connectivity index (χ0) is 12.8. The first kappa shape index (κ1) is 13.7. The minimum atomic E-state index is -0.154. The van der Waals surface area contributed by atoms with Crippen LogP contribution >= 0.6 is 11.8 Å². The Bertz CT molecular complexity index is 320. The smallest absolute Gasteiger partial charge is 0.307 e. The Kier molecular flexibility index (Phi) is 5.35. The van der Waals surface area contributed by atoms with E-state index >= 15 is 0 Å². The standard InChI is InChI=1S/C13H22N2O2S/c1-2-17-12(16)7-8-14-13-15-11-6-4-3-5-10(11)9-18-13/h10-11H,2-9H2,1H3,(H,14,15). The van der Waals surface area contributed by atoms with Crippen molar-refractivity contribution < 1.29 is 9.53 Å². The van der Waals surface area contributed by atoms with Gasteiger partial charge in [0.15, 0.2) is 5.17 Å². The lowest BCUT2D eigenvalue weighted by Crippen LogP contribution is -2.46. The Balaban J connectivity index is 1.74. The van der Waals surface area contributed by atoms with Crippen LogP contribution in [0.4, 0.5) is 0 Å². The van der Waals surface area contributed by atoms with Gasteiger partial charge in [0.05, 0.1) is 19.6 Å². The summed E-state index contributed by atoms with van der Waals surface area (Å²) in [5.41, 5.74) is 0. The van der Waals surface area contributed by atoms with Gasteiger partial charge in [-0.3, -0.25) is 9.79 Å². The molecule has 5 heteroatoms. The molecule has 2 atom stereocenters. The third kappa shape index (κ3) is 3.90. The second kappa shape index (κ2) is 7.02. The average molecular weight is 270 g/mol. The van der Waals surface area contributed by atoms with E-state index in [-0.39, 0.29) is 5.97 Å². The van der Waals surface area contributed by atoms with E-state index in [0.717, 1.165) is 11.1 Å². The van der Waals surface area contributed by atoms with Gasteiger partial charge in [-0.05, 0) is 25.7 Å². The third-order valence-corrected chi connectivity index (χ3v) is 4.64. The second-order valence-electron chi connectivity index (χ2n) is 4.85. The summed E-state index contributed by atoms with van der Waals surface area (Å²) in [5.74, 6) is 1.83. The highest BCUT2D eigenvalue weighted by atomic mass is 32.2. The predicted molar refractivity (Wildman–Crippen MR) is 74.9 cm³/mol. The molecule has 1 heterocycles. The summed E-state index contributed by atoms with van der Waals surface area (Å²) in [6.45, 7) is 2.81. The Hall–Kier alpha value is -0.710. The van der Waals surface area contributed by atoms with Gasteiger partial charge in [-0.1, -0.05) is 24.6 Å². The maximum Gasteiger partial charge on any atom is 0.307 e. The lowest BCUT2D eigenvalue weighted by molar-refractivity contribution is -0.142. The van der Waals surface area contributed by atoms with Crippen molar-refractivity contribution in [1.82, 2.24) is 5.32 Å². The first-order valence-electron chi connectivity index (χ1n) is 6.89. The van der Waals surface area contributed by atoms with E-state index in [4.69, 9.17) is 4.74 Å². The van der Waals surface area contributed by atoms with Gasteiger partial charge in [-0.15, -0.1) is 0 Å². The lowest BCUT2D eigenvalue weighted by Gasteiger charge is -2.36. The number of hydrogen-bond donors (Lipinski definition) is 1. The molecule has 18 heavy (non-hydrogen) atoms. The van der Waals surface area contributed by atoms with Gasteiger partial charge in [0.2, 0.25) is 0 Å². The first-order valence-corrected chi connectivity index (χ1v) is 7.87. The summed E-state index contributed by atoms with van der Waals surface area (Å²) in [6.07, 6.45) is 5.70. The third-order valence-electron chi connectivity index (χ3n) is 3.53. The molecule has 0 spiro atoms. The molecule has 0 aromatic carbocycles. The maximum atomic E-state index is 11.2. The first-order chi connectivity index (χ1) is 8.79. The van der Waals surface area contributed by atoms with Crippen molar-refractivity contribution in [2.45, 2.75) is 45.1 Å². The number of nitrogens with one attached hydrogen (secondary N) is 1. The number of thioether (sulfide) groups is 1. The Morgan fingerprint density at radius 1 is 1.50 bits per heavy atom. The second-order valence-corrected chi connectivity index (χ2v) is 5.86. The van der Waals surface area contributed by atoms with Crippen LogP contribution in [0.1, 0.15) is 39.0 Å². The van der Waals surface area contributed by atoms with Crippen LogP contribution in [0, 0.1) is 5.92 Å². The molecule has 0 amide bonds. The predicted octanol–water partition coefficient (Wildman–Crippen LogP) is 2.19. The largest absolute Gasteiger partial charge is 0.466 e. The summed E-state index contributed by atoms with van der Waals surface area (Å²) in [7, 11) is 0. The number of nitrogens with zero attached hydrogens (tertiary/aromatic N) is 1. The van der Waals surface area contributed by atoms with Crippen molar-refractivity contribution >= 4 is 22.9 Å². The molecule has 1 saturated heterocycles. The average Bonchev–Trinajstić information content (AvgIpc) is 2.39. The van der Waals surface area contributed by atoms with Crippen molar-refractivity contribution in [3.63, 3.8) is 0 Å². The quantitative estimate of drug-likeness (QED) is 0.796. The van der Waals surface area contributed by atoms with E-state index in [1.165, 1.54) is 31.4 Å². The minimum Gasteiger partial charge on any atom is -0.466 e. The van der Waals surface area contributed by atoms with E-state index in [1.807, 2.05) is 6.92 Å². The van der Waals surface area contributed by atoms with Crippen LogP contribution in [0.15, 0.2) is 4.99 Å². The summed E-state index contributed by atoms with van der Waals surface area (Å²) >= 11 is 1.80. The Labute approximate surface area is 113 Å². The molecule has 2 aliphatic rings. The van der Waals surface area contributed by atoms with E-state index < -0.39 is 0 Å². The van der Waals surface area contributed by atoms with E-state index in [0.29, 0.717) is 25.6 Å². The van der Waals surface area contributed by atoms with Crippen molar-refractivity contribution in [3.8, 4) is 0 Å². The minimum absolute atomic E-state index is 0.154. The molecule has 102 valence electrons. The van der Waals surface area contributed by atoms with Gasteiger partial charge in [0.1, 0.15) is 0 Å². The van der Waals surface area contributed by atoms with E-state index in [2.05, 4.69) is 10.3 Å². The van der Waals surface area contributed by atoms with E-state index in [9.17, 15) is 4.79 Å². The van der Waals surface area contributed by atoms with Gasteiger partial charge < -0.3 is 10.1 Å². The number of rotatable bonds is 4. The van der Waals surface area contributed by atoms with Gasteiger partial charge in [-0.2, -0.15) is 0 Å². The number of carbonyl (C=O) groups is 1. The highest BCUT2D eigenvalue weighted by Crippen LogP contribution is 2.31. The van der Waals surface area contributed by atoms with Crippen LogP contribution in [-0.4, -0.2) is 36.1 Å². The molecule has 2 unspecified atom stereocenters. The number of esters is 1. The number of amidine groups is 1. The fourth-order valence-electron chi connectivity index (χ4n) is 2.56. The highest BCUT2D eigenvalue weighted by Gasteiger charge is 2.30. The maximum absolute atomic E-state index is 11.2. The fraction of sp³-hybridized carbons (Fsp3) is 0.846. The molecule has 1 aliphatic carbocycles. The normalized spacial score (nSPS) is 29.5. The molecule has 1 aliphatic heterocycles. The summed E-state index contributed by atoms with van der Waals surface area (Å²) in [5, 5.41) is 4.54. The molecule has 1 N–H and O–H groups in total. The Morgan fingerprint density at radius 2 is 2.33 bits per heavy atom. The van der Waals surface area contributed by atoms with Crippen molar-refractivity contribution in [2.24, 2.45) is 10.9 Å². The summed E-state index contributed by atoms with van der Waals surface area (Å²) in [4.78, 5) is 15.7. The zero-order valence-corrected chi connectivity index (χ0v) is 11.8. The topological polar surface area (TPSA) is 50.7 Å². The molecule has 1 saturated carbocycles. The molecular weight excluding hydrogens is 248 g/mol. The number of carbonyl (C=O) groups excluding carboxylic acids is 1. The zero-order valence-electron chi connectivity index (χ0n) is 11.0. The number of aliphatic imine (C=N–C) groups is 1. The number of hydrogen-bond acceptors (Lipinski definition) is 4. The molecule has 2 fully saturated rings. The molecule has 0 radical (unpaired) electrons.